The van der Waals surface area contributed by atoms with Gasteiger partial charge >= 0.3 is 0 Å². The molecule has 1 aromatic heterocycles. The van der Waals surface area contributed by atoms with Crippen LogP contribution in [0, 0.1) is 5.41 Å². The zero-order valence-corrected chi connectivity index (χ0v) is 18.4. The molecule has 1 fully saturated rings. The number of nitrogens with one attached hydrogen (secondary N) is 2. The number of rotatable bonds is 7. The molecule has 8 heteroatoms. The molecule has 160 valence electrons. The minimum Gasteiger partial charge on any atom is -0.439 e. The van der Waals surface area contributed by atoms with Crippen molar-refractivity contribution >= 4 is 36.4 Å². The summed E-state index contributed by atoms with van der Waals surface area (Å²) in [7, 11) is 1.64. The second-order valence-electron chi connectivity index (χ2n) is 6.91. The summed E-state index contributed by atoms with van der Waals surface area (Å²) in [6.45, 7) is 4.16. The topological polar surface area (TPSA) is 72.5 Å². The van der Waals surface area contributed by atoms with Crippen molar-refractivity contribution in [3.8, 4) is 11.6 Å². The number of halogens is 2. The number of carbonyl (C=O) groups excluding carboxylic acids is 1. The molecular formula is C21H29Cl2N3O3. The molecule has 1 saturated heterocycles. The van der Waals surface area contributed by atoms with Crippen molar-refractivity contribution < 1.29 is 14.3 Å². The van der Waals surface area contributed by atoms with E-state index in [0.29, 0.717) is 18.2 Å². The first-order chi connectivity index (χ1) is 13.1. The maximum atomic E-state index is 12.8. The van der Waals surface area contributed by atoms with Crippen LogP contribution in [-0.4, -0.2) is 37.7 Å². The van der Waals surface area contributed by atoms with E-state index in [9.17, 15) is 4.79 Å². The Morgan fingerprint density at radius 3 is 2.59 bits per heavy atom. The summed E-state index contributed by atoms with van der Waals surface area (Å²) in [6.07, 6.45) is 4.09. The van der Waals surface area contributed by atoms with E-state index in [1.807, 2.05) is 24.3 Å². The fourth-order valence-corrected chi connectivity index (χ4v) is 3.35. The molecule has 1 aliphatic rings. The Morgan fingerprint density at radius 2 is 1.97 bits per heavy atom. The van der Waals surface area contributed by atoms with E-state index in [1.54, 1.807) is 19.4 Å². The van der Waals surface area contributed by atoms with E-state index >= 15 is 0 Å². The average molecular weight is 442 g/mol. The van der Waals surface area contributed by atoms with E-state index in [2.05, 4.69) is 28.6 Å². The number of aromatic nitrogens is 1. The van der Waals surface area contributed by atoms with Gasteiger partial charge in [0.1, 0.15) is 5.75 Å². The molecular weight excluding hydrogens is 413 g/mol. The van der Waals surface area contributed by atoms with Gasteiger partial charge in [-0.15, -0.1) is 24.8 Å². The zero-order valence-electron chi connectivity index (χ0n) is 16.8. The summed E-state index contributed by atoms with van der Waals surface area (Å²) in [5.74, 6) is 1.24. The number of aryl methyl sites for hydroxylation is 1. The first-order valence-corrected chi connectivity index (χ1v) is 9.39. The van der Waals surface area contributed by atoms with Crippen molar-refractivity contribution in [3.63, 3.8) is 0 Å². The van der Waals surface area contributed by atoms with Gasteiger partial charge in [0, 0.05) is 13.2 Å². The fourth-order valence-electron chi connectivity index (χ4n) is 3.35. The van der Waals surface area contributed by atoms with E-state index in [1.165, 1.54) is 5.56 Å². The zero-order chi connectivity index (χ0) is 19.1. The van der Waals surface area contributed by atoms with E-state index in [-0.39, 0.29) is 30.7 Å². The molecule has 0 saturated carbocycles. The smallest absolute Gasteiger partial charge is 0.233 e. The molecule has 2 aromatic rings. The molecule has 1 aromatic carbocycles. The minimum absolute atomic E-state index is 0. The normalized spacial score (nSPS) is 14.8. The standard InChI is InChI=1S/C21H27N3O3.2ClH/c1-3-16-5-4-6-18(13-16)27-19-8-7-17(14-23-19)24-20(25)21(15-26-2)9-11-22-12-10-21;;/h4-8,13-14,22H,3,9-12,15H2,1-2H3,(H,24,25);2*1H. The highest BCUT2D eigenvalue weighted by Crippen LogP contribution is 2.31. The molecule has 0 atom stereocenters. The lowest BCUT2D eigenvalue weighted by Gasteiger charge is -2.35. The molecule has 1 aliphatic heterocycles. The largest absolute Gasteiger partial charge is 0.439 e. The van der Waals surface area contributed by atoms with Crippen molar-refractivity contribution in [1.29, 1.82) is 0 Å². The van der Waals surface area contributed by atoms with Gasteiger partial charge < -0.3 is 20.1 Å². The molecule has 2 N–H and O–H groups in total. The van der Waals surface area contributed by atoms with E-state index in [0.717, 1.165) is 38.1 Å². The molecule has 0 spiro atoms. The SMILES string of the molecule is CCc1cccc(Oc2ccc(NC(=O)C3(COC)CCNCC3)cn2)c1.Cl.Cl. The molecule has 0 aliphatic carbocycles. The van der Waals surface area contributed by atoms with Crippen LogP contribution in [0.5, 0.6) is 11.6 Å². The van der Waals surface area contributed by atoms with Crippen LogP contribution in [-0.2, 0) is 16.0 Å². The Morgan fingerprint density at radius 1 is 1.21 bits per heavy atom. The second-order valence-corrected chi connectivity index (χ2v) is 6.91. The number of hydrogen-bond donors (Lipinski definition) is 2. The van der Waals surface area contributed by atoms with Crippen LogP contribution in [0.3, 0.4) is 0 Å². The summed E-state index contributed by atoms with van der Waals surface area (Å²) in [4.78, 5) is 17.2. The molecule has 29 heavy (non-hydrogen) atoms. The second kappa shape index (κ2) is 12.0. The lowest BCUT2D eigenvalue weighted by molar-refractivity contribution is -0.130. The highest BCUT2D eigenvalue weighted by atomic mass is 35.5. The van der Waals surface area contributed by atoms with Gasteiger partial charge in [0.25, 0.3) is 0 Å². The van der Waals surface area contributed by atoms with Crippen molar-refractivity contribution in [2.45, 2.75) is 26.2 Å². The molecule has 0 bridgehead atoms. The van der Waals surface area contributed by atoms with Gasteiger partial charge in [-0.25, -0.2) is 4.98 Å². The summed E-state index contributed by atoms with van der Waals surface area (Å²) in [6, 6.07) is 11.5. The number of nitrogens with zero attached hydrogens (tertiary/aromatic N) is 1. The molecule has 6 nitrogen and oxygen atoms in total. The number of hydrogen-bond acceptors (Lipinski definition) is 5. The summed E-state index contributed by atoms with van der Waals surface area (Å²) in [5.41, 5.74) is 1.38. The third kappa shape index (κ3) is 6.57. The number of amides is 1. The Kier molecular flexibility index (Phi) is 10.4. The summed E-state index contributed by atoms with van der Waals surface area (Å²) >= 11 is 0. The third-order valence-corrected chi connectivity index (χ3v) is 4.99. The first kappa shape index (κ1) is 25.2. The van der Waals surface area contributed by atoms with Gasteiger partial charge in [-0.05, 0) is 56.1 Å². The van der Waals surface area contributed by atoms with Crippen LogP contribution in [0.2, 0.25) is 0 Å². The Hall–Kier alpha value is -1.86. The number of anilines is 1. The number of piperidine rings is 1. The van der Waals surface area contributed by atoms with Gasteiger partial charge in [0.2, 0.25) is 11.8 Å². The van der Waals surface area contributed by atoms with Crippen molar-refractivity contribution in [1.82, 2.24) is 10.3 Å². The highest BCUT2D eigenvalue weighted by Gasteiger charge is 2.39. The first-order valence-electron chi connectivity index (χ1n) is 9.39. The van der Waals surface area contributed by atoms with Gasteiger partial charge in [0.05, 0.1) is 23.9 Å². The van der Waals surface area contributed by atoms with Crippen LogP contribution in [0.4, 0.5) is 5.69 Å². The highest BCUT2D eigenvalue weighted by molar-refractivity contribution is 5.95. The number of methoxy groups -OCH3 is 1. The van der Waals surface area contributed by atoms with Gasteiger partial charge in [-0.3, -0.25) is 4.79 Å². The van der Waals surface area contributed by atoms with Gasteiger partial charge in [-0.1, -0.05) is 19.1 Å². The van der Waals surface area contributed by atoms with Crippen LogP contribution < -0.4 is 15.4 Å². The molecule has 2 heterocycles. The van der Waals surface area contributed by atoms with Crippen molar-refractivity contribution in [2.24, 2.45) is 5.41 Å². The van der Waals surface area contributed by atoms with Crippen molar-refractivity contribution in [2.75, 3.05) is 32.1 Å². The average Bonchev–Trinajstić information content (AvgIpc) is 2.70. The van der Waals surface area contributed by atoms with Gasteiger partial charge in [0.15, 0.2) is 0 Å². The lowest BCUT2D eigenvalue weighted by Crippen LogP contribution is -2.47. The molecule has 0 radical (unpaired) electrons. The van der Waals surface area contributed by atoms with E-state index < -0.39 is 5.41 Å². The molecule has 1 amide bonds. The van der Waals surface area contributed by atoms with Crippen molar-refractivity contribution in [3.05, 3.63) is 48.2 Å². The lowest BCUT2D eigenvalue weighted by atomic mass is 9.78. The Balaban J connectivity index is 0.00000210. The molecule has 3 rings (SSSR count). The summed E-state index contributed by atoms with van der Waals surface area (Å²) in [5, 5.41) is 6.27. The third-order valence-electron chi connectivity index (χ3n) is 4.99. The Bertz CT molecular complexity index is 761. The van der Waals surface area contributed by atoms with E-state index in [4.69, 9.17) is 9.47 Å². The maximum absolute atomic E-state index is 12.8. The van der Waals surface area contributed by atoms with Crippen LogP contribution in [0.25, 0.3) is 0 Å². The quantitative estimate of drug-likeness (QED) is 0.672. The maximum Gasteiger partial charge on any atom is 0.233 e. The predicted octanol–water partition coefficient (Wildman–Crippen LogP) is 4.23. The molecule has 0 unspecified atom stereocenters. The van der Waals surface area contributed by atoms with Crippen LogP contribution in [0.15, 0.2) is 42.6 Å². The number of ether oxygens (including phenoxy) is 2. The predicted molar refractivity (Wildman–Crippen MR) is 120 cm³/mol. The monoisotopic (exact) mass is 441 g/mol. The minimum atomic E-state index is -0.490. The summed E-state index contributed by atoms with van der Waals surface area (Å²) < 4.78 is 11.1. The van der Waals surface area contributed by atoms with Crippen LogP contribution in [0.1, 0.15) is 25.3 Å². The fraction of sp³-hybridized carbons (Fsp3) is 0.429. The number of carbonyl (C=O) groups is 1. The Labute approximate surface area is 184 Å². The number of benzene rings is 1. The van der Waals surface area contributed by atoms with Crippen LogP contribution >= 0.6 is 24.8 Å². The van der Waals surface area contributed by atoms with Gasteiger partial charge in [-0.2, -0.15) is 0 Å². The number of pyridine rings is 1.